The van der Waals surface area contributed by atoms with Gasteiger partial charge in [0.05, 0.1) is 11.4 Å². The highest BCUT2D eigenvalue weighted by atomic mass is 16.1. The van der Waals surface area contributed by atoms with Crippen LogP contribution >= 0.6 is 0 Å². The van der Waals surface area contributed by atoms with Gasteiger partial charge in [-0.25, -0.2) is 14.3 Å². The number of hydrogen-bond acceptors (Lipinski definition) is 3. The van der Waals surface area contributed by atoms with Gasteiger partial charge in [0.25, 0.3) is 0 Å². The number of hydrogen-bond donors (Lipinski definition) is 0. The average molecular weight is 393 g/mol. The van der Waals surface area contributed by atoms with Crippen LogP contribution in [0.2, 0.25) is 0 Å². The molecule has 3 aromatic rings. The van der Waals surface area contributed by atoms with Crippen molar-refractivity contribution in [2.75, 3.05) is 11.4 Å². The van der Waals surface area contributed by atoms with Crippen LogP contribution in [-0.2, 0) is 6.54 Å². The second-order valence-corrected chi connectivity index (χ2v) is 8.44. The fraction of sp³-hybridized carbons (Fsp3) is 0.500. The molecule has 29 heavy (non-hydrogen) atoms. The van der Waals surface area contributed by atoms with Crippen LogP contribution in [0, 0.1) is 20.8 Å². The smallest absolute Gasteiger partial charge is 0.335 e. The molecule has 0 saturated carbocycles. The second-order valence-electron chi connectivity index (χ2n) is 8.44. The monoisotopic (exact) mass is 392 g/mol. The fourth-order valence-corrected chi connectivity index (χ4v) is 4.88. The van der Waals surface area contributed by atoms with Crippen molar-refractivity contribution in [3.05, 3.63) is 51.6 Å². The molecule has 3 heterocycles. The van der Waals surface area contributed by atoms with E-state index in [1.54, 1.807) is 0 Å². The van der Waals surface area contributed by atoms with Crippen molar-refractivity contribution in [2.24, 2.45) is 0 Å². The lowest BCUT2D eigenvalue weighted by Crippen LogP contribution is -2.42. The molecule has 2 aromatic heterocycles. The van der Waals surface area contributed by atoms with Gasteiger partial charge in [0.2, 0.25) is 0 Å². The van der Waals surface area contributed by atoms with Crippen molar-refractivity contribution in [3.63, 3.8) is 0 Å². The minimum Gasteiger partial charge on any atom is -0.365 e. The predicted octanol–water partition coefficient (Wildman–Crippen LogP) is 4.90. The fourth-order valence-electron chi connectivity index (χ4n) is 4.88. The largest absolute Gasteiger partial charge is 0.365 e. The molecule has 0 bridgehead atoms. The van der Waals surface area contributed by atoms with E-state index >= 15 is 0 Å². The number of aromatic nitrogens is 3. The number of aryl methyl sites for hydroxylation is 3. The number of pyridine rings is 1. The molecule has 1 aliphatic heterocycles. The summed E-state index contributed by atoms with van der Waals surface area (Å²) >= 11 is 0. The molecule has 0 atom stereocenters. The van der Waals surface area contributed by atoms with Crippen LogP contribution in [0.15, 0.2) is 29.1 Å². The molecule has 4 rings (SSSR count). The molecule has 5 nitrogen and oxygen atoms in total. The molecule has 5 heteroatoms. The lowest BCUT2D eigenvalue weighted by atomic mass is 10.0. The van der Waals surface area contributed by atoms with E-state index in [1.807, 2.05) is 22.1 Å². The molecule has 0 saturated heterocycles. The SMILES string of the molecule is CCCC(CCC)N1CCn2c(=O)n(-c3ccc(C)cc3C)c3nc(C)cc1c32. The molecule has 154 valence electrons. The maximum Gasteiger partial charge on any atom is 0.335 e. The second kappa shape index (κ2) is 7.69. The van der Waals surface area contributed by atoms with Crippen LogP contribution < -0.4 is 10.6 Å². The quantitative estimate of drug-likeness (QED) is 0.599. The van der Waals surface area contributed by atoms with Crippen LogP contribution in [0.4, 0.5) is 5.69 Å². The van der Waals surface area contributed by atoms with Crippen LogP contribution in [0.1, 0.15) is 56.4 Å². The molecule has 0 aliphatic carbocycles. The van der Waals surface area contributed by atoms with Crippen molar-refractivity contribution in [1.82, 2.24) is 14.1 Å². The summed E-state index contributed by atoms with van der Waals surface area (Å²) in [5.41, 5.74) is 7.16. The minimum absolute atomic E-state index is 0.0217. The molecular weight excluding hydrogens is 360 g/mol. The third-order valence-electron chi connectivity index (χ3n) is 6.14. The molecule has 0 radical (unpaired) electrons. The normalized spacial score (nSPS) is 13.7. The Bertz CT molecular complexity index is 1100. The van der Waals surface area contributed by atoms with Crippen molar-refractivity contribution in [1.29, 1.82) is 0 Å². The highest BCUT2D eigenvalue weighted by Gasteiger charge is 2.29. The van der Waals surface area contributed by atoms with E-state index in [4.69, 9.17) is 4.98 Å². The first kappa shape index (κ1) is 19.7. The summed E-state index contributed by atoms with van der Waals surface area (Å²) < 4.78 is 3.75. The number of imidazole rings is 1. The lowest BCUT2D eigenvalue weighted by Gasteiger charge is -2.37. The maximum absolute atomic E-state index is 13.4. The molecule has 1 aliphatic rings. The zero-order chi connectivity index (χ0) is 20.7. The minimum atomic E-state index is 0.0217. The molecule has 0 spiro atoms. The standard InChI is InChI=1S/C24H32N4O/c1-6-8-19(9-7-2)26-12-13-27-22-21(26)15-18(5)25-23(22)28(24(27)29)20-11-10-16(3)14-17(20)4/h10-11,14-15,19H,6-9,12-13H2,1-5H3. The Kier molecular flexibility index (Phi) is 5.24. The Morgan fingerprint density at radius 1 is 1.00 bits per heavy atom. The van der Waals surface area contributed by atoms with Gasteiger partial charge < -0.3 is 4.90 Å². The van der Waals surface area contributed by atoms with Crippen LogP contribution in [-0.4, -0.2) is 26.7 Å². The van der Waals surface area contributed by atoms with Gasteiger partial charge in [0.15, 0.2) is 5.65 Å². The zero-order valence-electron chi connectivity index (χ0n) is 18.3. The molecule has 0 N–H and O–H groups in total. The molecule has 0 amide bonds. The summed E-state index contributed by atoms with van der Waals surface area (Å²) in [7, 11) is 0. The van der Waals surface area contributed by atoms with E-state index in [9.17, 15) is 4.79 Å². The summed E-state index contributed by atoms with van der Waals surface area (Å²) in [6, 6.07) is 8.93. The van der Waals surface area contributed by atoms with E-state index in [2.05, 4.69) is 50.8 Å². The summed E-state index contributed by atoms with van der Waals surface area (Å²) in [6.45, 7) is 12.3. The summed E-state index contributed by atoms with van der Waals surface area (Å²) in [4.78, 5) is 20.8. The average Bonchev–Trinajstić information content (AvgIpc) is 2.95. The van der Waals surface area contributed by atoms with Crippen molar-refractivity contribution >= 4 is 16.9 Å². The van der Waals surface area contributed by atoms with Gasteiger partial charge in [-0.1, -0.05) is 44.4 Å². The van der Waals surface area contributed by atoms with Gasteiger partial charge >= 0.3 is 5.69 Å². The topological polar surface area (TPSA) is 43.1 Å². The van der Waals surface area contributed by atoms with E-state index in [0.29, 0.717) is 6.04 Å². The van der Waals surface area contributed by atoms with E-state index in [-0.39, 0.29) is 5.69 Å². The van der Waals surface area contributed by atoms with E-state index in [0.717, 1.165) is 41.2 Å². The number of nitrogens with zero attached hydrogens (tertiary/aromatic N) is 4. The third-order valence-corrected chi connectivity index (χ3v) is 6.14. The zero-order valence-corrected chi connectivity index (χ0v) is 18.3. The van der Waals surface area contributed by atoms with Gasteiger partial charge in [-0.05, 0) is 51.3 Å². The first-order valence-corrected chi connectivity index (χ1v) is 10.9. The van der Waals surface area contributed by atoms with Crippen LogP contribution in [0.5, 0.6) is 0 Å². The van der Waals surface area contributed by atoms with Gasteiger partial charge in [0, 0.05) is 24.8 Å². The van der Waals surface area contributed by atoms with E-state index in [1.165, 1.54) is 36.9 Å². The first-order chi connectivity index (χ1) is 14.0. The van der Waals surface area contributed by atoms with Crippen molar-refractivity contribution < 1.29 is 0 Å². The Labute approximate surface area is 173 Å². The molecule has 0 unspecified atom stereocenters. The summed E-state index contributed by atoms with van der Waals surface area (Å²) in [5, 5.41) is 0. The third kappa shape index (κ3) is 3.26. The first-order valence-electron chi connectivity index (χ1n) is 10.9. The Balaban J connectivity index is 1.97. The summed E-state index contributed by atoms with van der Waals surface area (Å²) in [6.07, 6.45) is 4.70. The van der Waals surface area contributed by atoms with Gasteiger partial charge in [0.1, 0.15) is 5.52 Å². The van der Waals surface area contributed by atoms with Gasteiger partial charge in [-0.15, -0.1) is 0 Å². The Morgan fingerprint density at radius 2 is 1.72 bits per heavy atom. The van der Waals surface area contributed by atoms with Gasteiger partial charge in [-0.3, -0.25) is 4.57 Å². The van der Waals surface area contributed by atoms with Gasteiger partial charge in [-0.2, -0.15) is 0 Å². The number of anilines is 1. The highest BCUT2D eigenvalue weighted by molar-refractivity contribution is 5.89. The Hall–Kier alpha value is -2.56. The predicted molar refractivity (Wildman–Crippen MR) is 120 cm³/mol. The highest BCUT2D eigenvalue weighted by Crippen LogP contribution is 2.34. The number of benzene rings is 1. The molecule has 0 fully saturated rings. The van der Waals surface area contributed by atoms with Crippen LogP contribution in [0.3, 0.4) is 0 Å². The molecular formula is C24H32N4O. The number of rotatable bonds is 6. The van der Waals surface area contributed by atoms with E-state index < -0.39 is 0 Å². The maximum atomic E-state index is 13.4. The van der Waals surface area contributed by atoms with Crippen molar-refractivity contribution in [2.45, 2.75) is 72.9 Å². The summed E-state index contributed by atoms with van der Waals surface area (Å²) in [5.74, 6) is 0. The lowest BCUT2D eigenvalue weighted by molar-refractivity contribution is 0.480. The van der Waals surface area contributed by atoms with Crippen molar-refractivity contribution in [3.8, 4) is 5.69 Å². The Morgan fingerprint density at radius 3 is 2.38 bits per heavy atom. The molecule has 1 aromatic carbocycles. The van der Waals surface area contributed by atoms with Crippen LogP contribution in [0.25, 0.3) is 16.9 Å².